The number of likely N-dealkylation sites (N-methyl/N-ethyl adjacent to an activating group) is 1. The first kappa shape index (κ1) is 14.1. The van der Waals surface area contributed by atoms with Gasteiger partial charge in [-0.1, -0.05) is 17.7 Å². The van der Waals surface area contributed by atoms with Crippen LogP contribution in [-0.4, -0.2) is 31.2 Å². The zero-order valence-corrected chi connectivity index (χ0v) is 11.6. The lowest BCUT2D eigenvalue weighted by molar-refractivity contribution is -0.384. The molecule has 2 rings (SSSR count). The Hall–Kier alpha value is -1.33. The summed E-state index contributed by atoms with van der Waals surface area (Å²) in [5.74, 6) is 0. The van der Waals surface area contributed by atoms with Crippen molar-refractivity contribution in [1.82, 2.24) is 0 Å². The van der Waals surface area contributed by atoms with Gasteiger partial charge in [0, 0.05) is 20.2 Å². The van der Waals surface area contributed by atoms with Crippen molar-refractivity contribution in [3.05, 3.63) is 33.3 Å². The zero-order chi connectivity index (χ0) is 13.8. The summed E-state index contributed by atoms with van der Waals surface area (Å²) in [4.78, 5) is 12.5. The molecule has 1 heterocycles. The van der Waals surface area contributed by atoms with Crippen molar-refractivity contribution >= 4 is 23.0 Å². The molecule has 0 N–H and O–H groups in total. The minimum atomic E-state index is -0.435. The maximum atomic E-state index is 11.1. The second kappa shape index (κ2) is 6.21. The van der Waals surface area contributed by atoms with Gasteiger partial charge in [-0.25, -0.2) is 0 Å². The Balaban J connectivity index is 2.16. The quantitative estimate of drug-likeness (QED) is 0.629. The third-order valence-corrected chi connectivity index (χ3v) is 3.62. The average molecular weight is 285 g/mol. The second-order valence-electron chi connectivity index (χ2n) is 4.73. The molecule has 1 fully saturated rings. The van der Waals surface area contributed by atoms with E-state index in [0.29, 0.717) is 12.2 Å². The van der Waals surface area contributed by atoms with Gasteiger partial charge >= 0.3 is 5.69 Å². The average Bonchev–Trinajstić information content (AvgIpc) is 2.39. The number of halogens is 1. The lowest BCUT2D eigenvalue weighted by atomic mass is 10.1. The maximum absolute atomic E-state index is 11.1. The molecule has 0 saturated carbocycles. The Morgan fingerprint density at radius 1 is 1.53 bits per heavy atom. The van der Waals surface area contributed by atoms with Crippen LogP contribution in [0.5, 0.6) is 0 Å². The fourth-order valence-electron chi connectivity index (χ4n) is 2.35. The van der Waals surface area contributed by atoms with Crippen molar-refractivity contribution in [1.29, 1.82) is 0 Å². The van der Waals surface area contributed by atoms with Gasteiger partial charge in [0.25, 0.3) is 0 Å². The number of para-hydroxylation sites is 1. The van der Waals surface area contributed by atoms with E-state index in [4.69, 9.17) is 16.3 Å². The van der Waals surface area contributed by atoms with E-state index < -0.39 is 4.92 Å². The van der Waals surface area contributed by atoms with Gasteiger partial charge in [0.2, 0.25) is 0 Å². The summed E-state index contributed by atoms with van der Waals surface area (Å²) in [7, 11) is 1.83. The fraction of sp³-hybridized carbons (Fsp3) is 0.538. The van der Waals surface area contributed by atoms with Gasteiger partial charge in [-0.3, -0.25) is 10.1 Å². The molecule has 1 saturated heterocycles. The Bertz CT molecular complexity index is 461. The SMILES string of the molecule is CN(CC1CCCCO1)c1cccc(Cl)c1[N+](=O)[O-]. The molecular weight excluding hydrogens is 268 g/mol. The Kier molecular flexibility index (Phi) is 4.61. The highest BCUT2D eigenvalue weighted by Crippen LogP contribution is 2.34. The third kappa shape index (κ3) is 3.36. The van der Waals surface area contributed by atoms with Crippen LogP contribution in [0.3, 0.4) is 0 Å². The van der Waals surface area contributed by atoms with Crippen molar-refractivity contribution in [2.24, 2.45) is 0 Å². The highest BCUT2D eigenvalue weighted by molar-refractivity contribution is 6.33. The number of benzene rings is 1. The van der Waals surface area contributed by atoms with E-state index in [0.717, 1.165) is 25.9 Å². The van der Waals surface area contributed by atoms with Gasteiger partial charge in [0.1, 0.15) is 10.7 Å². The van der Waals surface area contributed by atoms with Gasteiger partial charge in [0.05, 0.1) is 11.0 Å². The summed E-state index contributed by atoms with van der Waals surface area (Å²) in [5.41, 5.74) is 0.495. The van der Waals surface area contributed by atoms with Crippen LogP contribution in [0.15, 0.2) is 18.2 Å². The number of hydrogen-bond acceptors (Lipinski definition) is 4. The lowest BCUT2D eigenvalue weighted by Gasteiger charge is -2.28. The first-order chi connectivity index (χ1) is 9.09. The maximum Gasteiger partial charge on any atom is 0.310 e. The van der Waals surface area contributed by atoms with Gasteiger partial charge < -0.3 is 9.64 Å². The summed E-state index contributed by atoms with van der Waals surface area (Å²) in [6.45, 7) is 1.41. The molecule has 1 atom stereocenters. The second-order valence-corrected chi connectivity index (χ2v) is 5.14. The fourth-order valence-corrected chi connectivity index (χ4v) is 2.59. The van der Waals surface area contributed by atoms with Crippen LogP contribution in [0.25, 0.3) is 0 Å². The summed E-state index contributed by atoms with van der Waals surface area (Å²) in [6.07, 6.45) is 3.38. The number of nitro groups is 1. The van der Waals surface area contributed by atoms with E-state index in [9.17, 15) is 10.1 Å². The molecule has 1 aromatic rings. The minimum absolute atomic E-state index is 0.0394. The van der Waals surface area contributed by atoms with Crippen LogP contribution >= 0.6 is 11.6 Å². The smallest absolute Gasteiger partial charge is 0.310 e. The molecule has 0 amide bonds. The highest BCUT2D eigenvalue weighted by atomic mass is 35.5. The van der Waals surface area contributed by atoms with E-state index in [1.165, 1.54) is 6.07 Å². The Morgan fingerprint density at radius 2 is 2.32 bits per heavy atom. The number of nitro benzene ring substituents is 1. The number of hydrogen-bond donors (Lipinski definition) is 0. The number of anilines is 1. The van der Waals surface area contributed by atoms with Crippen LogP contribution in [0.4, 0.5) is 11.4 Å². The standard InChI is InChI=1S/C13H17ClN2O3/c1-15(9-10-5-2-3-8-19-10)12-7-4-6-11(14)13(12)16(17)18/h4,6-7,10H,2-3,5,8-9H2,1H3. The van der Waals surface area contributed by atoms with Gasteiger partial charge in [-0.05, 0) is 31.4 Å². The molecule has 5 nitrogen and oxygen atoms in total. The molecule has 1 unspecified atom stereocenters. The van der Waals surface area contributed by atoms with Gasteiger partial charge in [-0.2, -0.15) is 0 Å². The van der Waals surface area contributed by atoms with Gasteiger partial charge in [0.15, 0.2) is 0 Å². The first-order valence-electron chi connectivity index (χ1n) is 6.35. The number of ether oxygens (including phenoxy) is 1. The molecule has 104 valence electrons. The number of nitrogens with zero attached hydrogens (tertiary/aromatic N) is 2. The van der Waals surface area contributed by atoms with E-state index in [-0.39, 0.29) is 16.8 Å². The number of rotatable bonds is 4. The molecule has 0 aliphatic carbocycles. The van der Waals surface area contributed by atoms with Crippen LogP contribution in [-0.2, 0) is 4.74 Å². The van der Waals surface area contributed by atoms with Crippen LogP contribution in [0.1, 0.15) is 19.3 Å². The van der Waals surface area contributed by atoms with E-state index >= 15 is 0 Å². The molecule has 6 heteroatoms. The Morgan fingerprint density at radius 3 is 2.95 bits per heavy atom. The third-order valence-electron chi connectivity index (χ3n) is 3.31. The molecule has 1 aliphatic heterocycles. The molecule has 0 bridgehead atoms. The molecule has 0 spiro atoms. The van der Waals surface area contributed by atoms with E-state index in [1.807, 2.05) is 11.9 Å². The van der Waals surface area contributed by atoms with Crippen molar-refractivity contribution in [3.8, 4) is 0 Å². The molecule has 1 aliphatic rings. The largest absolute Gasteiger partial charge is 0.376 e. The van der Waals surface area contributed by atoms with Crippen molar-refractivity contribution in [3.63, 3.8) is 0 Å². The summed E-state index contributed by atoms with van der Waals surface area (Å²) >= 11 is 5.91. The predicted octanol–water partition coefficient (Wildman–Crippen LogP) is 3.25. The molecule has 1 aromatic carbocycles. The van der Waals surface area contributed by atoms with Crippen LogP contribution in [0.2, 0.25) is 5.02 Å². The van der Waals surface area contributed by atoms with Gasteiger partial charge in [-0.15, -0.1) is 0 Å². The van der Waals surface area contributed by atoms with Crippen LogP contribution in [0, 0.1) is 10.1 Å². The predicted molar refractivity (Wildman–Crippen MR) is 75.0 cm³/mol. The monoisotopic (exact) mass is 284 g/mol. The molecule has 19 heavy (non-hydrogen) atoms. The molecular formula is C13H17ClN2O3. The van der Waals surface area contributed by atoms with E-state index in [2.05, 4.69) is 0 Å². The first-order valence-corrected chi connectivity index (χ1v) is 6.73. The lowest BCUT2D eigenvalue weighted by Crippen LogP contribution is -2.33. The van der Waals surface area contributed by atoms with Crippen LogP contribution < -0.4 is 4.90 Å². The summed E-state index contributed by atoms with van der Waals surface area (Å²) < 4.78 is 5.66. The molecule has 0 aromatic heterocycles. The summed E-state index contributed by atoms with van der Waals surface area (Å²) in [5, 5.41) is 11.3. The van der Waals surface area contributed by atoms with Crippen molar-refractivity contribution in [2.45, 2.75) is 25.4 Å². The summed E-state index contributed by atoms with van der Waals surface area (Å²) in [6, 6.07) is 4.98. The van der Waals surface area contributed by atoms with E-state index in [1.54, 1.807) is 12.1 Å². The topological polar surface area (TPSA) is 55.6 Å². The van der Waals surface area contributed by atoms with Crippen molar-refractivity contribution < 1.29 is 9.66 Å². The highest BCUT2D eigenvalue weighted by Gasteiger charge is 2.23. The zero-order valence-electron chi connectivity index (χ0n) is 10.8. The Labute approximate surface area is 117 Å². The normalized spacial score (nSPS) is 19.2. The van der Waals surface area contributed by atoms with Crippen molar-refractivity contribution in [2.75, 3.05) is 25.1 Å². The minimum Gasteiger partial charge on any atom is -0.376 e. The molecule has 0 radical (unpaired) electrons.